The minimum absolute atomic E-state index is 0.762. The minimum Gasteiger partial charge on any atom is -0.256 e. The summed E-state index contributed by atoms with van der Waals surface area (Å²) < 4.78 is 24.0. The van der Waals surface area contributed by atoms with Gasteiger partial charge in [0.2, 0.25) is 0 Å². The maximum Gasteiger partial charge on any atom is 0.156 e. The Bertz CT molecular complexity index is 1360. The van der Waals surface area contributed by atoms with Crippen molar-refractivity contribution in [1.29, 1.82) is 0 Å². The van der Waals surface area contributed by atoms with E-state index in [2.05, 4.69) is 63.4 Å². The highest BCUT2D eigenvalue weighted by atomic mass is 79.9. The first-order valence-corrected chi connectivity index (χ1v) is 13.1. The lowest BCUT2D eigenvalue weighted by Crippen LogP contribution is -2.28. The summed E-state index contributed by atoms with van der Waals surface area (Å²) in [6, 6.07) is 24.6. The van der Waals surface area contributed by atoms with Crippen molar-refractivity contribution in [3.63, 3.8) is 0 Å². The topological polar surface area (TPSA) is 47.0 Å². The Labute approximate surface area is 192 Å². The quantitative estimate of drug-likeness (QED) is 0.289. The number of aromatic nitrogens is 1. The Morgan fingerprint density at radius 3 is 2.26 bits per heavy atom. The zero-order chi connectivity index (χ0) is 22.2. The van der Waals surface area contributed by atoms with Crippen molar-refractivity contribution in [2.75, 3.05) is 6.26 Å². The van der Waals surface area contributed by atoms with Gasteiger partial charge in [0.1, 0.15) is 0 Å². The zero-order valence-corrected chi connectivity index (χ0v) is 20.2. The molecule has 158 valence electrons. The zero-order valence-electron chi connectivity index (χ0n) is 17.8. The number of hydrogen-bond acceptors (Lipinski definition) is 3. The van der Waals surface area contributed by atoms with Crippen LogP contribution in [0, 0.1) is 0 Å². The SMILES string of the molecule is CC(C)(c1cc(-c2cccc(-c3ccc(CBr)cc3)c2)c2ncccc2c1)S(C)(=O)=O. The van der Waals surface area contributed by atoms with Crippen LogP contribution in [0.1, 0.15) is 25.0 Å². The maximum absolute atomic E-state index is 12.5. The third-order valence-corrected chi connectivity index (χ3v) is 8.68. The first kappa shape index (κ1) is 21.7. The summed E-state index contributed by atoms with van der Waals surface area (Å²) >= 11 is 3.49. The second-order valence-electron chi connectivity index (χ2n) is 8.29. The van der Waals surface area contributed by atoms with E-state index in [-0.39, 0.29) is 0 Å². The van der Waals surface area contributed by atoms with E-state index in [1.807, 2.05) is 30.3 Å². The van der Waals surface area contributed by atoms with Gasteiger partial charge in [0.25, 0.3) is 0 Å². The predicted octanol–water partition coefficient (Wildman–Crippen LogP) is 6.74. The third kappa shape index (κ3) is 4.17. The molecule has 0 atom stereocenters. The fourth-order valence-corrected chi connectivity index (χ4v) is 4.55. The average Bonchev–Trinajstić information content (AvgIpc) is 2.77. The summed E-state index contributed by atoms with van der Waals surface area (Å²) in [4.78, 5) is 4.61. The van der Waals surface area contributed by atoms with Crippen molar-refractivity contribution < 1.29 is 8.42 Å². The van der Waals surface area contributed by atoms with Gasteiger partial charge in [-0.15, -0.1) is 0 Å². The lowest BCUT2D eigenvalue weighted by atomic mass is 9.92. The Kier molecular flexibility index (Phi) is 5.75. The van der Waals surface area contributed by atoms with Crippen LogP contribution in [0.15, 0.2) is 79.0 Å². The van der Waals surface area contributed by atoms with Gasteiger partial charge in [-0.05, 0) is 65.9 Å². The van der Waals surface area contributed by atoms with Crippen LogP contribution in [0.25, 0.3) is 33.2 Å². The van der Waals surface area contributed by atoms with Crippen molar-refractivity contribution in [2.45, 2.75) is 23.9 Å². The van der Waals surface area contributed by atoms with E-state index in [1.54, 1.807) is 20.0 Å². The number of alkyl halides is 1. The minimum atomic E-state index is -3.31. The van der Waals surface area contributed by atoms with Gasteiger partial charge in [0.05, 0.1) is 10.3 Å². The molecule has 1 aromatic heterocycles. The summed E-state index contributed by atoms with van der Waals surface area (Å²) in [5.74, 6) is 0. The van der Waals surface area contributed by atoms with E-state index in [4.69, 9.17) is 0 Å². The van der Waals surface area contributed by atoms with Crippen LogP contribution in [0.4, 0.5) is 0 Å². The molecule has 0 aliphatic heterocycles. The molecule has 0 unspecified atom stereocenters. The third-order valence-electron chi connectivity index (χ3n) is 5.94. The average molecular weight is 494 g/mol. The first-order chi connectivity index (χ1) is 14.7. The molecule has 0 spiro atoms. The number of hydrogen-bond donors (Lipinski definition) is 0. The van der Waals surface area contributed by atoms with Crippen molar-refractivity contribution in [3.05, 3.63) is 90.1 Å². The molecule has 0 amide bonds. The van der Waals surface area contributed by atoms with Crippen molar-refractivity contribution in [3.8, 4) is 22.3 Å². The molecule has 31 heavy (non-hydrogen) atoms. The molecule has 0 aliphatic carbocycles. The number of halogens is 1. The van der Waals surface area contributed by atoms with E-state index < -0.39 is 14.6 Å². The van der Waals surface area contributed by atoms with Gasteiger partial charge in [0.15, 0.2) is 9.84 Å². The van der Waals surface area contributed by atoms with Gasteiger partial charge in [0, 0.05) is 28.7 Å². The van der Waals surface area contributed by atoms with Gasteiger partial charge in [-0.1, -0.05) is 64.5 Å². The van der Waals surface area contributed by atoms with Gasteiger partial charge in [-0.3, -0.25) is 4.98 Å². The Hall–Kier alpha value is -2.50. The molecule has 4 aromatic rings. The van der Waals surface area contributed by atoms with E-state index >= 15 is 0 Å². The highest BCUT2D eigenvalue weighted by Gasteiger charge is 2.33. The molecular weight excluding hydrogens is 470 g/mol. The van der Waals surface area contributed by atoms with Crippen molar-refractivity contribution in [1.82, 2.24) is 4.98 Å². The van der Waals surface area contributed by atoms with Crippen LogP contribution in [0.3, 0.4) is 0 Å². The second kappa shape index (κ2) is 8.21. The molecule has 1 heterocycles. The fourth-order valence-electron chi connectivity index (χ4n) is 3.63. The molecule has 0 aliphatic rings. The highest BCUT2D eigenvalue weighted by molar-refractivity contribution is 9.08. The molecule has 0 fully saturated rings. The first-order valence-electron chi connectivity index (χ1n) is 10.1. The number of nitrogens with zero attached hydrogens (tertiary/aromatic N) is 1. The molecule has 3 aromatic carbocycles. The molecule has 0 N–H and O–H groups in total. The van der Waals surface area contributed by atoms with E-state index in [9.17, 15) is 8.42 Å². The number of fused-ring (bicyclic) bond motifs is 1. The van der Waals surface area contributed by atoms with Crippen LogP contribution in [-0.4, -0.2) is 19.7 Å². The predicted molar refractivity (Wildman–Crippen MR) is 133 cm³/mol. The highest BCUT2D eigenvalue weighted by Crippen LogP contribution is 2.37. The van der Waals surface area contributed by atoms with E-state index in [0.29, 0.717) is 0 Å². The Morgan fingerprint density at radius 2 is 1.58 bits per heavy atom. The monoisotopic (exact) mass is 493 g/mol. The largest absolute Gasteiger partial charge is 0.256 e. The lowest BCUT2D eigenvalue weighted by molar-refractivity contribution is 0.561. The molecular formula is C26H24BrNO2S. The summed E-state index contributed by atoms with van der Waals surface area (Å²) in [7, 11) is -3.31. The van der Waals surface area contributed by atoms with E-state index in [0.717, 1.165) is 44.1 Å². The van der Waals surface area contributed by atoms with Gasteiger partial charge < -0.3 is 0 Å². The summed E-state index contributed by atoms with van der Waals surface area (Å²) in [6.07, 6.45) is 3.06. The van der Waals surface area contributed by atoms with Crippen LogP contribution in [0.5, 0.6) is 0 Å². The van der Waals surface area contributed by atoms with Crippen molar-refractivity contribution >= 4 is 36.7 Å². The fraction of sp³-hybridized carbons (Fsp3) is 0.192. The number of pyridine rings is 1. The molecule has 0 bridgehead atoms. The molecule has 4 rings (SSSR count). The lowest BCUT2D eigenvalue weighted by Gasteiger charge is -2.24. The Balaban J connectivity index is 1.91. The summed E-state index contributed by atoms with van der Waals surface area (Å²) in [6.45, 7) is 3.51. The molecule has 0 radical (unpaired) electrons. The van der Waals surface area contributed by atoms with Crippen LogP contribution in [0.2, 0.25) is 0 Å². The smallest absolute Gasteiger partial charge is 0.156 e. The van der Waals surface area contributed by atoms with Gasteiger partial charge >= 0.3 is 0 Å². The molecule has 3 nitrogen and oxygen atoms in total. The molecule has 0 saturated carbocycles. The standard InChI is InChI=1S/C26H24BrNO2S/c1-26(2,31(3,29)30)23-15-22-8-5-13-28-25(22)24(16-23)21-7-4-6-20(14-21)19-11-9-18(17-27)10-12-19/h4-16H,17H2,1-3H3. The number of rotatable bonds is 5. The van der Waals surface area contributed by atoms with E-state index in [1.165, 1.54) is 11.8 Å². The number of sulfone groups is 1. The molecule has 5 heteroatoms. The molecule has 0 saturated heterocycles. The van der Waals surface area contributed by atoms with Crippen molar-refractivity contribution in [2.24, 2.45) is 0 Å². The summed E-state index contributed by atoms with van der Waals surface area (Å²) in [5, 5.41) is 1.76. The normalized spacial score (nSPS) is 12.3. The van der Waals surface area contributed by atoms with Crippen LogP contribution in [-0.2, 0) is 19.9 Å². The Morgan fingerprint density at radius 1 is 0.871 bits per heavy atom. The van der Waals surface area contributed by atoms with Crippen LogP contribution < -0.4 is 0 Å². The summed E-state index contributed by atoms with van der Waals surface area (Å²) in [5.41, 5.74) is 7.04. The van der Waals surface area contributed by atoms with Crippen LogP contribution >= 0.6 is 15.9 Å². The van der Waals surface area contributed by atoms with Gasteiger partial charge in [-0.2, -0.15) is 0 Å². The van der Waals surface area contributed by atoms with Gasteiger partial charge in [-0.25, -0.2) is 8.42 Å². The maximum atomic E-state index is 12.5. The number of benzene rings is 3. The second-order valence-corrected chi connectivity index (χ2v) is 11.4.